The third-order valence-corrected chi connectivity index (χ3v) is 6.30. The van der Waals surface area contributed by atoms with Crippen LogP contribution in [0.4, 0.5) is 0 Å². The summed E-state index contributed by atoms with van der Waals surface area (Å²) in [6.07, 6.45) is 2.88. The fourth-order valence-corrected chi connectivity index (χ4v) is 5.04. The zero-order chi connectivity index (χ0) is 17.8. The molecule has 1 heterocycles. The number of methoxy groups -OCH3 is 1. The number of aliphatic hydroxyl groups excluding tert-OH is 2. The molecular weight excluding hydrogens is 320 g/mol. The van der Waals surface area contributed by atoms with Crippen LogP contribution in [0, 0.1) is 17.3 Å². The van der Waals surface area contributed by atoms with Crippen LogP contribution >= 0.6 is 0 Å². The maximum absolute atomic E-state index is 11.1. The topological polar surface area (TPSA) is 68.2 Å². The van der Waals surface area contributed by atoms with Gasteiger partial charge in [0.1, 0.15) is 11.9 Å². The molecule has 1 fully saturated rings. The first-order valence-corrected chi connectivity index (χ1v) is 8.67. The fraction of sp³-hybridized carbons (Fsp3) is 0.500. The maximum Gasteiger partial charge on any atom is 0.231 e. The van der Waals surface area contributed by atoms with Crippen LogP contribution in [0.25, 0.3) is 0 Å². The zero-order valence-corrected chi connectivity index (χ0v) is 14.5. The zero-order valence-electron chi connectivity index (χ0n) is 14.5. The summed E-state index contributed by atoms with van der Waals surface area (Å²) in [7, 11) is 1.56. The molecule has 0 radical (unpaired) electrons. The molecule has 5 nitrogen and oxygen atoms in total. The van der Waals surface area contributed by atoms with Gasteiger partial charge >= 0.3 is 0 Å². The highest BCUT2D eigenvalue weighted by Gasteiger charge is 2.62. The maximum atomic E-state index is 11.1. The lowest BCUT2D eigenvalue weighted by molar-refractivity contribution is -0.0347. The summed E-state index contributed by atoms with van der Waals surface area (Å²) < 4.78 is 16.3. The van der Waals surface area contributed by atoms with Crippen LogP contribution in [0.1, 0.15) is 24.8 Å². The van der Waals surface area contributed by atoms with Gasteiger partial charge < -0.3 is 24.4 Å². The molecule has 0 aromatic heterocycles. The number of rotatable bonds is 4. The smallest absolute Gasteiger partial charge is 0.231 e. The summed E-state index contributed by atoms with van der Waals surface area (Å²) in [5, 5.41) is 21.9. The standard InChI is InChI=1S/C20H24O5/c1-4-7-20-9-15(23-3)18(21)17(19(20)22)16(11(20)2)12-5-6-13-14(8-12)25-10-24-13/h4-6,8-9,11,16-19,21-22H,1,7,10H2,2-3H3/t11-,16+,17-,18+,19-,20-/m1/s1. The molecule has 1 aliphatic heterocycles. The number of hydrogen-bond donors (Lipinski definition) is 2. The first-order valence-electron chi connectivity index (χ1n) is 8.67. The third-order valence-electron chi connectivity index (χ3n) is 6.30. The van der Waals surface area contributed by atoms with E-state index in [0.29, 0.717) is 17.9 Å². The van der Waals surface area contributed by atoms with Gasteiger partial charge in [-0.2, -0.15) is 0 Å². The SMILES string of the molecule is C=CC[C@@]12C=C(OC)[C@H](O)[C@@H]([C@H](c3ccc4c(c3)OCO4)[C@H]1C)[C@H]2O. The Balaban J connectivity index is 1.81. The largest absolute Gasteiger partial charge is 0.499 e. The summed E-state index contributed by atoms with van der Waals surface area (Å²) in [6, 6.07) is 5.87. The van der Waals surface area contributed by atoms with Gasteiger partial charge in [0.15, 0.2) is 11.5 Å². The van der Waals surface area contributed by atoms with Gasteiger partial charge in [0.05, 0.1) is 13.2 Å². The summed E-state index contributed by atoms with van der Waals surface area (Å²) >= 11 is 0. The van der Waals surface area contributed by atoms with Crippen molar-refractivity contribution in [3.8, 4) is 11.5 Å². The molecule has 0 spiro atoms. The van der Waals surface area contributed by atoms with Crippen LogP contribution in [0.3, 0.4) is 0 Å². The molecule has 3 aliphatic rings. The minimum absolute atomic E-state index is 0.0247. The normalized spacial score (nSPS) is 38.4. The van der Waals surface area contributed by atoms with Crippen molar-refractivity contribution in [3.63, 3.8) is 0 Å². The van der Waals surface area contributed by atoms with E-state index in [4.69, 9.17) is 14.2 Å². The van der Waals surface area contributed by atoms with Gasteiger partial charge in [0.25, 0.3) is 0 Å². The van der Waals surface area contributed by atoms with Crippen LogP contribution in [0.5, 0.6) is 11.5 Å². The van der Waals surface area contributed by atoms with E-state index in [0.717, 1.165) is 11.3 Å². The highest BCUT2D eigenvalue weighted by Crippen LogP contribution is 2.62. The Kier molecular flexibility index (Phi) is 3.81. The Morgan fingerprint density at radius 1 is 1.32 bits per heavy atom. The monoisotopic (exact) mass is 344 g/mol. The molecule has 4 rings (SSSR count). The molecule has 1 aromatic rings. The van der Waals surface area contributed by atoms with Crippen LogP contribution in [-0.2, 0) is 4.74 Å². The van der Waals surface area contributed by atoms with Crippen molar-refractivity contribution in [1.29, 1.82) is 0 Å². The van der Waals surface area contributed by atoms with Gasteiger partial charge in [0, 0.05) is 11.3 Å². The second kappa shape index (κ2) is 5.78. The molecule has 2 N–H and O–H groups in total. The Morgan fingerprint density at radius 2 is 2.08 bits per heavy atom. The molecule has 6 atom stereocenters. The molecule has 0 unspecified atom stereocenters. The minimum atomic E-state index is -0.835. The number of aliphatic hydroxyl groups is 2. The van der Waals surface area contributed by atoms with Gasteiger partial charge in [-0.3, -0.25) is 0 Å². The second-order valence-corrected chi connectivity index (χ2v) is 7.25. The number of allylic oxidation sites excluding steroid dienone is 1. The lowest BCUT2D eigenvalue weighted by Crippen LogP contribution is -2.44. The fourth-order valence-electron chi connectivity index (χ4n) is 5.04. The van der Waals surface area contributed by atoms with Crippen molar-refractivity contribution in [1.82, 2.24) is 0 Å². The molecule has 25 heavy (non-hydrogen) atoms. The van der Waals surface area contributed by atoms with E-state index in [1.807, 2.05) is 30.4 Å². The van der Waals surface area contributed by atoms with Crippen molar-refractivity contribution >= 4 is 0 Å². The van der Waals surface area contributed by atoms with Crippen LogP contribution in [0.2, 0.25) is 0 Å². The van der Waals surface area contributed by atoms with Crippen molar-refractivity contribution in [2.45, 2.75) is 31.5 Å². The molecule has 134 valence electrons. The van der Waals surface area contributed by atoms with Gasteiger partial charge in [0.2, 0.25) is 6.79 Å². The van der Waals surface area contributed by atoms with Crippen molar-refractivity contribution in [2.75, 3.05) is 13.9 Å². The summed E-state index contributed by atoms with van der Waals surface area (Å²) in [5.74, 6) is 1.72. The molecule has 1 aromatic carbocycles. The Bertz CT molecular complexity index is 727. The van der Waals surface area contributed by atoms with Crippen molar-refractivity contribution < 1.29 is 24.4 Å². The first kappa shape index (κ1) is 16.5. The van der Waals surface area contributed by atoms with Gasteiger partial charge in [-0.1, -0.05) is 19.1 Å². The van der Waals surface area contributed by atoms with Crippen LogP contribution in [0.15, 0.2) is 42.7 Å². The molecule has 0 amide bonds. The summed E-state index contributed by atoms with van der Waals surface area (Å²) in [6.45, 7) is 6.22. The number of ether oxygens (including phenoxy) is 3. The lowest BCUT2D eigenvalue weighted by atomic mass is 9.70. The van der Waals surface area contributed by atoms with Crippen LogP contribution < -0.4 is 9.47 Å². The molecule has 0 saturated heterocycles. The predicted octanol–water partition coefficient (Wildman–Crippen LogP) is 2.59. The van der Waals surface area contributed by atoms with Gasteiger partial charge in [-0.15, -0.1) is 6.58 Å². The minimum Gasteiger partial charge on any atom is -0.499 e. The predicted molar refractivity (Wildman–Crippen MR) is 92.3 cm³/mol. The molecule has 2 bridgehead atoms. The van der Waals surface area contributed by atoms with Crippen molar-refractivity contribution in [3.05, 3.63) is 48.3 Å². The number of fused-ring (bicyclic) bond motifs is 3. The van der Waals surface area contributed by atoms with E-state index in [1.165, 1.54) is 0 Å². The Morgan fingerprint density at radius 3 is 2.80 bits per heavy atom. The van der Waals surface area contributed by atoms with Gasteiger partial charge in [-0.25, -0.2) is 0 Å². The first-order chi connectivity index (χ1) is 12.0. The van der Waals surface area contributed by atoms with E-state index < -0.39 is 17.6 Å². The molecule has 5 heteroatoms. The number of benzene rings is 1. The van der Waals surface area contributed by atoms with E-state index in [1.54, 1.807) is 7.11 Å². The highest BCUT2D eigenvalue weighted by atomic mass is 16.7. The Labute approximate surface area is 147 Å². The van der Waals surface area contributed by atoms with Gasteiger partial charge in [-0.05, 0) is 42.0 Å². The molecule has 2 aliphatic carbocycles. The lowest BCUT2D eigenvalue weighted by Gasteiger charge is -2.39. The van der Waals surface area contributed by atoms with Crippen LogP contribution in [-0.4, -0.2) is 36.3 Å². The average molecular weight is 344 g/mol. The molecular formula is C20H24O5. The quantitative estimate of drug-likeness (QED) is 0.822. The van der Waals surface area contributed by atoms with E-state index >= 15 is 0 Å². The second-order valence-electron chi connectivity index (χ2n) is 7.25. The summed E-state index contributed by atoms with van der Waals surface area (Å²) in [5.41, 5.74) is 0.550. The van der Waals surface area contributed by atoms with Crippen molar-refractivity contribution in [2.24, 2.45) is 17.3 Å². The Hall–Kier alpha value is -1.98. The highest BCUT2D eigenvalue weighted by molar-refractivity contribution is 5.47. The average Bonchev–Trinajstić information content (AvgIpc) is 3.13. The number of hydrogen-bond acceptors (Lipinski definition) is 5. The third kappa shape index (κ3) is 2.15. The van der Waals surface area contributed by atoms with E-state index in [-0.39, 0.29) is 24.5 Å². The van der Waals surface area contributed by atoms with E-state index in [9.17, 15) is 10.2 Å². The summed E-state index contributed by atoms with van der Waals surface area (Å²) in [4.78, 5) is 0. The molecule has 1 saturated carbocycles. The van der Waals surface area contributed by atoms with E-state index in [2.05, 4.69) is 13.5 Å².